The molecule has 0 saturated carbocycles. The molecule has 2 nitrogen and oxygen atoms in total. The maximum absolute atomic E-state index is 5.39. The fourth-order valence-electron chi connectivity index (χ4n) is 2.22. The molecule has 1 saturated heterocycles. The molecule has 2 unspecified atom stereocenters. The second kappa shape index (κ2) is 8.37. The van der Waals surface area contributed by atoms with Gasteiger partial charge in [-0.15, -0.1) is 0 Å². The monoisotopic (exact) mass is 245 g/mol. The van der Waals surface area contributed by atoms with Crippen molar-refractivity contribution in [3.63, 3.8) is 0 Å². The largest absolute Gasteiger partial charge is 0.381 e. The van der Waals surface area contributed by atoms with Gasteiger partial charge in [-0.05, 0) is 51.3 Å². The molecule has 0 aliphatic carbocycles. The van der Waals surface area contributed by atoms with Crippen LogP contribution in [-0.4, -0.2) is 37.3 Å². The van der Waals surface area contributed by atoms with Gasteiger partial charge in [-0.25, -0.2) is 0 Å². The van der Waals surface area contributed by atoms with Gasteiger partial charge in [0.25, 0.3) is 0 Å². The molecule has 0 bridgehead atoms. The zero-order valence-electron chi connectivity index (χ0n) is 11.0. The first-order chi connectivity index (χ1) is 7.72. The molecule has 1 rings (SSSR count). The average molecular weight is 245 g/mol. The molecule has 1 aliphatic heterocycles. The molecule has 1 N–H and O–H groups in total. The van der Waals surface area contributed by atoms with Crippen LogP contribution < -0.4 is 5.32 Å². The number of hydrogen-bond acceptors (Lipinski definition) is 3. The van der Waals surface area contributed by atoms with Crippen LogP contribution in [0.4, 0.5) is 0 Å². The van der Waals surface area contributed by atoms with E-state index in [9.17, 15) is 0 Å². The average Bonchev–Trinajstić information content (AvgIpc) is 2.30. The van der Waals surface area contributed by atoms with Crippen LogP contribution in [-0.2, 0) is 4.74 Å². The smallest absolute Gasteiger partial charge is 0.0468 e. The van der Waals surface area contributed by atoms with Crippen LogP contribution in [0, 0.1) is 5.92 Å². The molecule has 0 aromatic rings. The molecule has 2 atom stereocenters. The van der Waals surface area contributed by atoms with Crippen molar-refractivity contribution in [1.82, 2.24) is 5.32 Å². The minimum atomic E-state index is 0.664. The lowest BCUT2D eigenvalue weighted by molar-refractivity contribution is 0.0612. The van der Waals surface area contributed by atoms with Crippen LogP contribution in [0.25, 0.3) is 0 Å². The van der Waals surface area contributed by atoms with E-state index in [-0.39, 0.29) is 0 Å². The molecule has 1 aliphatic rings. The molecule has 1 heterocycles. The molecular weight excluding hydrogens is 218 g/mol. The first kappa shape index (κ1) is 14.3. The molecular formula is C13H27NOS. The minimum absolute atomic E-state index is 0.664. The van der Waals surface area contributed by atoms with Gasteiger partial charge in [-0.3, -0.25) is 0 Å². The number of hydrogen-bond donors (Lipinski definition) is 1. The maximum atomic E-state index is 5.39. The summed E-state index contributed by atoms with van der Waals surface area (Å²) in [5, 5.41) is 4.42. The third-order valence-corrected chi connectivity index (χ3v) is 4.51. The van der Waals surface area contributed by atoms with Crippen LogP contribution in [0.5, 0.6) is 0 Å². The van der Waals surface area contributed by atoms with Crippen LogP contribution in [0.2, 0.25) is 0 Å². The van der Waals surface area contributed by atoms with Crippen molar-refractivity contribution in [3.05, 3.63) is 0 Å². The van der Waals surface area contributed by atoms with Gasteiger partial charge in [-0.1, -0.05) is 6.92 Å². The second-order valence-corrected chi connectivity index (χ2v) is 6.26. The van der Waals surface area contributed by atoms with E-state index in [1.165, 1.54) is 25.7 Å². The normalized spacial score (nSPS) is 21.9. The molecule has 1 fully saturated rings. The summed E-state index contributed by atoms with van der Waals surface area (Å²) in [5.41, 5.74) is 0. The van der Waals surface area contributed by atoms with E-state index in [0.29, 0.717) is 6.04 Å². The van der Waals surface area contributed by atoms with E-state index in [2.05, 4.69) is 25.4 Å². The van der Waals surface area contributed by atoms with Crippen molar-refractivity contribution in [2.45, 2.75) is 50.8 Å². The Hall–Kier alpha value is 0.270. The molecule has 0 amide bonds. The third-order valence-electron chi connectivity index (χ3n) is 3.47. The summed E-state index contributed by atoms with van der Waals surface area (Å²) in [5.74, 6) is 0.884. The third kappa shape index (κ3) is 6.12. The fraction of sp³-hybridized carbons (Fsp3) is 1.00. The molecule has 16 heavy (non-hydrogen) atoms. The van der Waals surface area contributed by atoms with E-state index < -0.39 is 0 Å². The Morgan fingerprint density at radius 3 is 2.62 bits per heavy atom. The van der Waals surface area contributed by atoms with Gasteiger partial charge in [0, 0.05) is 24.5 Å². The predicted molar refractivity (Wildman–Crippen MR) is 73.2 cm³/mol. The summed E-state index contributed by atoms with van der Waals surface area (Å²) >= 11 is 1.96. The molecule has 0 spiro atoms. The van der Waals surface area contributed by atoms with Crippen LogP contribution >= 0.6 is 11.8 Å². The molecule has 0 radical (unpaired) electrons. The number of rotatable bonds is 7. The lowest BCUT2D eigenvalue weighted by Gasteiger charge is -2.25. The Bertz CT molecular complexity index is 171. The van der Waals surface area contributed by atoms with E-state index in [1.807, 2.05) is 11.8 Å². The quantitative estimate of drug-likeness (QED) is 0.745. The van der Waals surface area contributed by atoms with Gasteiger partial charge >= 0.3 is 0 Å². The van der Waals surface area contributed by atoms with Crippen LogP contribution in [0.3, 0.4) is 0 Å². The minimum Gasteiger partial charge on any atom is -0.381 e. The second-order valence-electron chi connectivity index (χ2n) is 4.98. The first-order valence-corrected chi connectivity index (χ1v) is 7.85. The van der Waals surface area contributed by atoms with Crippen LogP contribution in [0.1, 0.15) is 39.5 Å². The van der Waals surface area contributed by atoms with Gasteiger partial charge < -0.3 is 10.1 Å². The van der Waals surface area contributed by atoms with Gasteiger partial charge in [0.15, 0.2) is 0 Å². The highest BCUT2D eigenvalue weighted by Gasteiger charge is 2.16. The van der Waals surface area contributed by atoms with E-state index in [1.54, 1.807) is 0 Å². The maximum Gasteiger partial charge on any atom is 0.0468 e. The number of ether oxygens (including phenoxy) is 1. The molecule has 0 aromatic heterocycles. The Balaban J connectivity index is 2.03. The fourth-order valence-corrected chi connectivity index (χ4v) is 2.57. The summed E-state index contributed by atoms with van der Waals surface area (Å²) in [6.45, 7) is 7.73. The first-order valence-electron chi connectivity index (χ1n) is 6.56. The van der Waals surface area contributed by atoms with E-state index in [4.69, 9.17) is 4.74 Å². The highest BCUT2D eigenvalue weighted by atomic mass is 32.2. The molecule has 0 aromatic carbocycles. The van der Waals surface area contributed by atoms with Crippen molar-refractivity contribution in [1.29, 1.82) is 0 Å². The van der Waals surface area contributed by atoms with Crippen LogP contribution in [0.15, 0.2) is 0 Å². The Labute approximate surface area is 105 Å². The van der Waals surface area contributed by atoms with Gasteiger partial charge in [0.05, 0.1) is 0 Å². The lowest BCUT2D eigenvalue weighted by Crippen LogP contribution is -2.31. The van der Waals surface area contributed by atoms with Crippen molar-refractivity contribution in [2.75, 3.05) is 26.0 Å². The number of nitrogens with one attached hydrogen (secondary N) is 1. The molecule has 96 valence electrons. The lowest BCUT2D eigenvalue weighted by atomic mass is 9.93. The van der Waals surface area contributed by atoms with Crippen molar-refractivity contribution < 1.29 is 4.74 Å². The Morgan fingerprint density at radius 2 is 2.00 bits per heavy atom. The topological polar surface area (TPSA) is 21.3 Å². The van der Waals surface area contributed by atoms with Gasteiger partial charge in [0.2, 0.25) is 0 Å². The van der Waals surface area contributed by atoms with Gasteiger partial charge in [-0.2, -0.15) is 11.8 Å². The summed E-state index contributed by atoms with van der Waals surface area (Å²) in [6, 6.07) is 0.664. The summed E-state index contributed by atoms with van der Waals surface area (Å²) < 4.78 is 5.39. The van der Waals surface area contributed by atoms with Crippen molar-refractivity contribution >= 4 is 11.8 Å². The zero-order valence-corrected chi connectivity index (χ0v) is 11.8. The number of thioether (sulfide) groups is 1. The standard InChI is InChI=1S/C13H27NOS/c1-11(14-7-4-12(2)16-3)10-13-5-8-15-9-6-13/h11-14H,4-10H2,1-3H3. The van der Waals surface area contributed by atoms with Crippen molar-refractivity contribution in [3.8, 4) is 0 Å². The van der Waals surface area contributed by atoms with E-state index in [0.717, 1.165) is 30.9 Å². The molecule has 3 heteroatoms. The summed E-state index contributed by atoms with van der Waals surface area (Å²) in [7, 11) is 0. The Kier molecular flexibility index (Phi) is 7.50. The predicted octanol–water partition coefficient (Wildman–Crippen LogP) is 2.92. The highest BCUT2D eigenvalue weighted by Crippen LogP contribution is 2.20. The van der Waals surface area contributed by atoms with Crippen molar-refractivity contribution in [2.24, 2.45) is 5.92 Å². The zero-order chi connectivity index (χ0) is 11.8. The Morgan fingerprint density at radius 1 is 1.31 bits per heavy atom. The summed E-state index contributed by atoms with van der Waals surface area (Å²) in [6.07, 6.45) is 7.30. The highest BCUT2D eigenvalue weighted by molar-refractivity contribution is 7.99. The van der Waals surface area contributed by atoms with Gasteiger partial charge in [0.1, 0.15) is 0 Å². The SMILES string of the molecule is CSC(C)CCNC(C)CC1CCOCC1. The van der Waals surface area contributed by atoms with E-state index >= 15 is 0 Å². The summed E-state index contributed by atoms with van der Waals surface area (Å²) in [4.78, 5) is 0.